The van der Waals surface area contributed by atoms with Crippen LogP contribution >= 0.6 is 0 Å². The van der Waals surface area contributed by atoms with Crippen LogP contribution in [0.25, 0.3) is 0 Å². The highest BCUT2D eigenvalue weighted by Crippen LogP contribution is 2.28. The van der Waals surface area contributed by atoms with Gasteiger partial charge >= 0.3 is 0 Å². The van der Waals surface area contributed by atoms with Gasteiger partial charge in [0.05, 0.1) is 25.6 Å². The molecular weight excluding hydrogens is 244 g/mol. The molecule has 5 heteroatoms. The quantitative estimate of drug-likeness (QED) is 0.552. The zero-order chi connectivity index (χ0) is 13.5. The van der Waals surface area contributed by atoms with Crippen molar-refractivity contribution in [2.45, 2.75) is 12.3 Å². The minimum Gasteiger partial charge on any atom is -0.499 e. The smallest absolute Gasteiger partial charge is 0.138 e. The Kier molecular flexibility index (Phi) is 5.32. The van der Waals surface area contributed by atoms with Gasteiger partial charge in [0.25, 0.3) is 0 Å². The van der Waals surface area contributed by atoms with Gasteiger partial charge in [-0.05, 0) is 13.1 Å². The summed E-state index contributed by atoms with van der Waals surface area (Å²) in [7, 11) is 2.04. The Hall–Kier alpha value is -1.43. The standard InChI is InChI=1S/C14H20N2O3/c1-3-17-7-8-18-11-13-10-16(2)14(19-13)12-5-4-6-15-9-12/h3-6,9,13-14H,1,7-8,10-11H2,2H3. The molecule has 1 aliphatic rings. The zero-order valence-electron chi connectivity index (χ0n) is 11.2. The van der Waals surface area contributed by atoms with E-state index in [1.54, 1.807) is 6.20 Å². The molecule has 0 aromatic carbocycles. The second kappa shape index (κ2) is 7.23. The molecule has 0 spiro atoms. The summed E-state index contributed by atoms with van der Waals surface area (Å²) in [4.78, 5) is 6.28. The fraction of sp³-hybridized carbons (Fsp3) is 0.500. The van der Waals surface area contributed by atoms with E-state index in [0.717, 1.165) is 12.1 Å². The van der Waals surface area contributed by atoms with Gasteiger partial charge < -0.3 is 14.2 Å². The SMILES string of the molecule is C=COCCOCC1CN(C)C(c2cccnc2)O1. The fourth-order valence-corrected chi connectivity index (χ4v) is 2.10. The van der Waals surface area contributed by atoms with Crippen LogP contribution < -0.4 is 0 Å². The van der Waals surface area contributed by atoms with E-state index in [0.29, 0.717) is 19.8 Å². The van der Waals surface area contributed by atoms with Gasteiger partial charge in [-0.15, -0.1) is 0 Å². The van der Waals surface area contributed by atoms with Gasteiger partial charge in [-0.3, -0.25) is 9.88 Å². The van der Waals surface area contributed by atoms with Gasteiger partial charge in [-0.1, -0.05) is 12.6 Å². The number of hydrogen-bond acceptors (Lipinski definition) is 5. The van der Waals surface area contributed by atoms with Crippen LogP contribution in [0.15, 0.2) is 37.4 Å². The Balaban J connectivity index is 1.76. The average molecular weight is 264 g/mol. The Morgan fingerprint density at radius 2 is 2.47 bits per heavy atom. The molecule has 1 saturated heterocycles. The molecule has 2 heterocycles. The summed E-state index contributed by atoms with van der Waals surface area (Å²) in [6.07, 6.45) is 5.06. The Labute approximate surface area is 113 Å². The van der Waals surface area contributed by atoms with Crippen molar-refractivity contribution in [2.24, 2.45) is 0 Å². The number of aromatic nitrogens is 1. The molecular formula is C14H20N2O3. The molecule has 2 rings (SSSR count). The highest BCUT2D eigenvalue weighted by molar-refractivity contribution is 5.12. The first-order valence-corrected chi connectivity index (χ1v) is 6.37. The van der Waals surface area contributed by atoms with Crippen LogP contribution in [-0.4, -0.2) is 49.4 Å². The monoisotopic (exact) mass is 264 g/mol. The normalized spacial score (nSPS) is 23.4. The van der Waals surface area contributed by atoms with Crippen molar-refractivity contribution in [3.8, 4) is 0 Å². The minimum absolute atomic E-state index is 0.0354. The molecule has 0 bridgehead atoms. The predicted molar refractivity (Wildman–Crippen MR) is 71.4 cm³/mol. The van der Waals surface area contributed by atoms with E-state index >= 15 is 0 Å². The number of likely N-dealkylation sites (N-methyl/N-ethyl adjacent to an activating group) is 1. The van der Waals surface area contributed by atoms with Crippen molar-refractivity contribution < 1.29 is 14.2 Å². The van der Waals surface area contributed by atoms with E-state index in [9.17, 15) is 0 Å². The molecule has 1 aliphatic heterocycles. The van der Waals surface area contributed by atoms with Crippen molar-refractivity contribution in [3.05, 3.63) is 42.9 Å². The Morgan fingerprint density at radius 1 is 1.58 bits per heavy atom. The molecule has 1 aromatic heterocycles. The van der Waals surface area contributed by atoms with Gasteiger partial charge in [-0.2, -0.15) is 0 Å². The molecule has 19 heavy (non-hydrogen) atoms. The second-order valence-electron chi connectivity index (χ2n) is 4.45. The van der Waals surface area contributed by atoms with Crippen molar-refractivity contribution in [2.75, 3.05) is 33.4 Å². The van der Waals surface area contributed by atoms with Crippen LogP contribution in [0.1, 0.15) is 11.8 Å². The van der Waals surface area contributed by atoms with E-state index in [1.807, 2.05) is 25.4 Å². The van der Waals surface area contributed by atoms with Gasteiger partial charge in [0.2, 0.25) is 0 Å². The number of pyridine rings is 1. The lowest BCUT2D eigenvalue weighted by Gasteiger charge is -2.17. The number of hydrogen-bond donors (Lipinski definition) is 0. The molecule has 2 atom stereocenters. The van der Waals surface area contributed by atoms with Gasteiger partial charge in [0.1, 0.15) is 12.8 Å². The largest absolute Gasteiger partial charge is 0.499 e. The Morgan fingerprint density at radius 3 is 3.21 bits per heavy atom. The van der Waals surface area contributed by atoms with Crippen molar-refractivity contribution in [1.82, 2.24) is 9.88 Å². The molecule has 1 fully saturated rings. The molecule has 0 radical (unpaired) electrons. The topological polar surface area (TPSA) is 43.8 Å². The van der Waals surface area contributed by atoms with Crippen LogP contribution in [-0.2, 0) is 14.2 Å². The first kappa shape index (κ1) is 14.0. The van der Waals surface area contributed by atoms with Crippen LogP contribution in [0.3, 0.4) is 0 Å². The molecule has 0 saturated carbocycles. The molecule has 104 valence electrons. The maximum absolute atomic E-state index is 5.97. The number of nitrogens with zero attached hydrogens (tertiary/aromatic N) is 2. The number of ether oxygens (including phenoxy) is 3. The predicted octanol–water partition coefficient (Wildman–Crippen LogP) is 1.59. The van der Waals surface area contributed by atoms with E-state index in [2.05, 4.69) is 16.5 Å². The first-order chi connectivity index (χ1) is 9.31. The molecule has 5 nitrogen and oxygen atoms in total. The van der Waals surface area contributed by atoms with Crippen molar-refractivity contribution in [1.29, 1.82) is 0 Å². The van der Waals surface area contributed by atoms with E-state index < -0.39 is 0 Å². The van der Waals surface area contributed by atoms with Crippen molar-refractivity contribution >= 4 is 0 Å². The fourth-order valence-electron chi connectivity index (χ4n) is 2.10. The average Bonchev–Trinajstić information content (AvgIpc) is 2.81. The van der Waals surface area contributed by atoms with Crippen LogP contribution in [0.4, 0.5) is 0 Å². The van der Waals surface area contributed by atoms with E-state index in [-0.39, 0.29) is 12.3 Å². The summed E-state index contributed by atoms with van der Waals surface area (Å²) < 4.78 is 16.5. The van der Waals surface area contributed by atoms with E-state index in [1.165, 1.54) is 6.26 Å². The highest BCUT2D eigenvalue weighted by Gasteiger charge is 2.31. The van der Waals surface area contributed by atoms with Gasteiger partial charge in [0, 0.05) is 24.5 Å². The lowest BCUT2D eigenvalue weighted by molar-refractivity contribution is -0.0363. The molecule has 2 unspecified atom stereocenters. The van der Waals surface area contributed by atoms with Crippen LogP contribution in [0, 0.1) is 0 Å². The Bertz CT molecular complexity index is 386. The third kappa shape index (κ3) is 4.02. The molecule has 0 aliphatic carbocycles. The van der Waals surface area contributed by atoms with Gasteiger partial charge in [-0.25, -0.2) is 0 Å². The third-order valence-corrected chi connectivity index (χ3v) is 2.95. The lowest BCUT2D eigenvalue weighted by atomic mass is 10.2. The second-order valence-corrected chi connectivity index (χ2v) is 4.45. The lowest BCUT2D eigenvalue weighted by Crippen LogP contribution is -2.22. The maximum Gasteiger partial charge on any atom is 0.138 e. The highest BCUT2D eigenvalue weighted by atomic mass is 16.6. The summed E-state index contributed by atoms with van der Waals surface area (Å²) in [6, 6.07) is 3.94. The summed E-state index contributed by atoms with van der Waals surface area (Å²) >= 11 is 0. The van der Waals surface area contributed by atoms with Crippen molar-refractivity contribution in [3.63, 3.8) is 0 Å². The molecule has 0 amide bonds. The maximum atomic E-state index is 5.97. The minimum atomic E-state index is -0.0354. The van der Waals surface area contributed by atoms with Crippen LogP contribution in [0.5, 0.6) is 0 Å². The third-order valence-electron chi connectivity index (χ3n) is 2.95. The summed E-state index contributed by atoms with van der Waals surface area (Å²) in [5.41, 5.74) is 1.07. The first-order valence-electron chi connectivity index (χ1n) is 6.37. The summed E-state index contributed by atoms with van der Waals surface area (Å²) in [6.45, 7) is 5.97. The summed E-state index contributed by atoms with van der Waals surface area (Å²) in [5, 5.41) is 0. The summed E-state index contributed by atoms with van der Waals surface area (Å²) in [5.74, 6) is 0. The zero-order valence-corrected chi connectivity index (χ0v) is 11.2. The van der Waals surface area contributed by atoms with E-state index in [4.69, 9.17) is 14.2 Å². The number of rotatable bonds is 7. The molecule has 0 N–H and O–H groups in total. The molecule has 1 aromatic rings. The van der Waals surface area contributed by atoms with Gasteiger partial charge in [0.15, 0.2) is 0 Å². The van der Waals surface area contributed by atoms with Crippen LogP contribution in [0.2, 0.25) is 0 Å².